The number of nitrogens with zero attached hydrogens (tertiary/aromatic N) is 4. The van der Waals surface area contributed by atoms with Gasteiger partial charge in [-0.05, 0) is 45.8 Å². The Kier molecular flexibility index (Phi) is 4.57. The molecule has 0 aliphatic rings. The van der Waals surface area contributed by atoms with E-state index < -0.39 is 5.97 Å². The second-order valence-electron chi connectivity index (χ2n) is 4.96. The molecule has 0 unspecified atom stereocenters. The van der Waals surface area contributed by atoms with Crippen LogP contribution < -0.4 is 4.74 Å². The number of carboxylic acids is 1. The molecule has 1 N–H and O–H groups in total. The van der Waals surface area contributed by atoms with Crippen molar-refractivity contribution in [1.29, 1.82) is 0 Å². The molecule has 1 aromatic carbocycles. The van der Waals surface area contributed by atoms with E-state index in [1.165, 1.54) is 0 Å². The van der Waals surface area contributed by atoms with Gasteiger partial charge in [0.25, 0.3) is 0 Å². The van der Waals surface area contributed by atoms with Gasteiger partial charge < -0.3 is 9.84 Å². The van der Waals surface area contributed by atoms with Crippen molar-refractivity contribution in [1.82, 2.24) is 20.0 Å². The molecule has 2 aromatic heterocycles. The van der Waals surface area contributed by atoms with Crippen LogP contribution in [0.15, 0.2) is 47.2 Å². The Morgan fingerprint density at radius 2 is 2.21 bits per heavy atom. The standard InChI is InChI=1S/C16H13BrN4O3/c1-24-13-5-4-10(7-12(13)17)9-21-15(11-3-2-6-18-8-11)14(16(22)23)19-20-21/h2-8H,9H2,1H3,(H,22,23). The molecule has 0 saturated carbocycles. The first kappa shape index (κ1) is 16.1. The first-order valence-corrected chi connectivity index (χ1v) is 7.79. The monoisotopic (exact) mass is 388 g/mol. The molecule has 2 heterocycles. The van der Waals surface area contributed by atoms with Crippen LogP contribution in [0.2, 0.25) is 0 Å². The van der Waals surface area contributed by atoms with E-state index in [2.05, 4.69) is 31.2 Å². The zero-order chi connectivity index (χ0) is 17.1. The molecule has 122 valence electrons. The number of carbonyl (C=O) groups is 1. The molecule has 0 saturated heterocycles. The molecule has 0 fully saturated rings. The molecule has 0 amide bonds. The van der Waals surface area contributed by atoms with Crippen LogP contribution in [0.3, 0.4) is 0 Å². The van der Waals surface area contributed by atoms with Crippen LogP contribution in [0.1, 0.15) is 16.1 Å². The van der Waals surface area contributed by atoms with Crippen LogP contribution in [0.5, 0.6) is 5.75 Å². The molecule has 24 heavy (non-hydrogen) atoms. The molecule has 0 atom stereocenters. The van der Waals surface area contributed by atoms with Gasteiger partial charge in [-0.1, -0.05) is 11.3 Å². The number of hydrogen-bond donors (Lipinski definition) is 1. The number of aromatic nitrogens is 4. The Hall–Kier alpha value is -2.74. The van der Waals surface area contributed by atoms with E-state index in [9.17, 15) is 9.90 Å². The average Bonchev–Trinajstić information content (AvgIpc) is 2.99. The Morgan fingerprint density at radius 1 is 1.38 bits per heavy atom. The molecule has 7 nitrogen and oxygen atoms in total. The van der Waals surface area contributed by atoms with Gasteiger partial charge in [0.2, 0.25) is 0 Å². The maximum Gasteiger partial charge on any atom is 0.358 e. The molecule has 0 spiro atoms. The number of hydrogen-bond acceptors (Lipinski definition) is 5. The number of benzene rings is 1. The number of halogens is 1. The summed E-state index contributed by atoms with van der Waals surface area (Å²) in [6.07, 6.45) is 3.21. The lowest BCUT2D eigenvalue weighted by molar-refractivity contribution is 0.0691. The third kappa shape index (κ3) is 3.13. The van der Waals surface area contributed by atoms with Crippen LogP contribution in [-0.4, -0.2) is 38.2 Å². The fourth-order valence-electron chi connectivity index (χ4n) is 2.34. The first-order chi connectivity index (χ1) is 11.6. The number of aromatic carboxylic acids is 1. The van der Waals surface area contributed by atoms with Gasteiger partial charge in [-0.15, -0.1) is 5.10 Å². The molecular formula is C16H13BrN4O3. The molecule has 0 radical (unpaired) electrons. The van der Waals surface area contributed by atoms with Crippen LogP contribution in [-0.2, 0) is 6.54 Å². The van der Waals surface area contributed by atoms with Gasteiger partial charge in [0, 0.05) is 18.0 Å². The highest BCUT2D eigenvalue weighted by molar-refractivity contribution is 9.10. The summed E-state index contributed by atoms with van der Waals surface area (Å²) < 4.78 is 7.57. The van der Waals surface area contributed by atoms with Gasteiger partial charge in [-0.25, -0.2) is 9.48 Å². The predicted molar refractivity (Wildman–Crippen MR) is 90.0 cm³/mol. The molecular weight excluding hydrogens is 376 g/mol. The van der Waals surface area contributed by atoms with Gasteiger partial charge >= 0.3 is 5.97 Å². The van der Waals surface area contributed by atoms with Crippen molar-refractivity contribution >= 4 is 21.9 Å². The van der Waals surface area contributed by atoms with Crippen LogP contribution in [0.25, 0.3) is 11.3 Å². The Morgan fingerprint density at radius 3 is 2.83 bits per heavy atom. The second kappa shape index (κ2) is 6.79. The third-order valence-corrected chi connectivity index (χ3v) is 4.04. The minimum Gasteiger partial charge on any atom is -0.496 e. The van der Waals surface area contributed by atoms with E-state index >= 15 is 0 Å². The highest BCUT2D eigenvalue weighted by atomic mass is 79.9. The van der Waals surface area contributed by atoms with Crippen molar-refractivity contribution in [3.8, 4) is 17.0 Å². The second-order valence-corrected chi connectivity index (χ2v) is 5.81. The van der Waals surface area contributed by atoms with Crippen LogP contribution >= 0.6 is 15.9 Å². The maximum atomic E-state index is 11.4. The molecule has 8 heteroatoms. The van der Waals surface area contributed by atoms with Gasteiger partial charge in [0.1, 0.15) is 11.4 Å². The summed E-state index contributed by atoms with van der Waals surface area (Å²) >= 11 is 3.44. The average molecular weight is 389 g/mol. The topological polar surface area (TPSA) is 90.1 Å². The van der Waals surface area contributed by atoms with Gasteiger partial charge in [-0.2, -0.15) is 0 Å². The molecule has 0 bridgehead atoms. The van der Waals surface area contributed by atoms with E-state index in [-0.39, 0.29) is 5.69 Å². The zero-order valence-corrected chi connectivity index (χ0v) is 14.3. The largest absolute Gasteiger partial charge is 0.496 e. The van der Waals surface area contributed by atoms with Crippen molar-refractivity contribution in [3.63, 3.8) is 0 Å². The van der Waals surface area contributed by atoms with Gasteiger partial charge in [-0.3, -0.25) is 4.98 Å². The maximum absolute atomic E-state index is 11.4. The smallest absolute Gasteiger partial charge is 0.358 e. The lowest BCUT2D eigenvalue weighted by Crippen LogP contribution is -2.06. The van der Waals surface area contributed by atoms with Crippen LogP contribution in [0.4, 0.5) is 0 Å². The lowest BCUT2D eigenvalue weighted by atomic mass is 10.1. The van der Waals surface area contributed by atoms with Crippen molar-refractivity contribution in [2.45, 2.75) is 6.54 Å². The van der Waals surface area contributed by atoms with Crippen molar-refractivity contribution < 1.29 is 14.6 Å². The highest BCUT2D eigenvalue weighted by Crippen LogP contribution is 2.27. The summed E-state index contributed by atoms with van der Waals surface area (Å²) in [6.45, 7) is 0.368. The number of rotatable bonds is 5. The molecule has 3 aromatic rings. The summed E-state index contributed by atoms with van der Waals surface area (Å²) in [7, 11) is 1.59. The van der Waals surface area contributed by atoms with E-state index in [0.29, 0.717) is 17.8 Å². The fourth-order valence-corrected chi connectivity index (χ4v) is 2.93. The van der Waals surface area contributed by atoms with Gasteiger partial charge in [0.15, 0.2) is 5.69 Å². The molecule has 3 rings (SSSR count). The normalized spacial score (nSPS) is 10.6. The van der Waals surface area contributed by atoms with Crippen LogP contribution in [0, 0.1) is 0 Å². The van der Waals surface area contributed by atoms with Gasteiger partial charge in [0.05, 0.1) is 18.1 Å². The Bertz CT molecular complexity index is 880. The third-order valence-electron chi connectivity index (χ3n) is 3.42. The summed E-state index contributed by atoms with van der Waals surface area (Å²) in [4.78, 5) is 15.5. The predicted octanol–water partition coefficient (Wildman–Crippen LogP) is 2.86. The Balaban J connectivity index is 2.03. The van der Waals surface area contributed by atoms with E-state index in [0.717, 1.165) is 15.8 Å². The van der Waals surface area contributed by atoms with E-state index in [1.54, 1.807) is 36.3 Å². The minimum atomic E-state index is -1.13. The number of methoxy groups -OCH3 is 1. The quantitative estimate of drug-likeness (QED) is 0.722. The Labute approximate surface area is 146 Å². The minimum absolute atomic E-state index is 0.101. The first-order valence-electron chi connectivity index (χ1n) is 6.99. The number of pyridine rings is 1. The summed E-state index contributed by atoms with van der Waals surface area (Å²) in [5.74, 6) is -0.410. The van der Waals surface area contributed by atoms with Crippen molar-refractivity contribution in [2.75, 3.05) is 7.11 Å². The highest BCUT2D eigenvalue weighted by Gasteiger charge is 2.21. The molecule has 0 aliphatic heterocycles. The molecule has 0 aliphatic carbocycles. The van der Waals surface area contributed by atoms with E-state index in [4.69, 9.17) is 4.74 Å². The summed E-state index contributed by atoms with van der Waals surface area (Å²) in [5, 5.41) is 17.1. The SMILES string of the molecule is COc1ccc(Cn2nnc(C(=O)O)c2-c2cccnc2)cc1Br. The number of carboxylic acid groups (broad SMARTS) is 1. The summed E-state index contributed by atoms with van der Waals surface area (Å²) in [5.41, 5.74) is 1.89. The van der Waals surface area contributed by atoms with E-state index in [1.807, 2.05) is 18.2 Å². The fraction of sp³-hybridized carbons (Fsp3) is 0.125. The van der Waals surface area contributed by atoms with Crippen molar-refractivity contribution in [3.05, 3.63) is 58.5 Å². The summed E-state index contributed by atoms with van der Waals surface area (Å²) in [6, 6.07) is 9.13. The number of ether oxygens (including phenoxy) is 1. The lowest BCUT2D eigenvalue weighted by Gasteiger charge is -2.09. The zero-order valence-electron chi connectivity index (χ0n) is 12.7. The van der Waals surface area contributed by atoms with Crippen molar-refractivity contribution in [2.24, 2.45) is 0 Å².